The van der Waals surface area contributed by atoms with Crippen molar-refractivity contribution in [2.24, 2.45) is 0 Å². The molecule has 3 unspecified atom stereocenters. The first kappa shape index (κ1) is 74.9. The molecular formula is C66H117O11P. The van der Waals surface area contributed by atoms with Crippen LogP contribution in [0.5, 0.6) is 0 Å². The minimum absolute atomic E-state index is 0.150. The van der Waals surface area contributed by atoms with Crippen molar-refractivity contribution in [2.45, 2.75) is 303 Å². The van der Waals surface area contributed by atoms with Crippen molar-refractivity contribution in [3.8, 4) is 0 Å². The van der Waals surface area contributed by atoms with Crippen LogP contribution in [0, 0.1) is 0 Å². The van der Waals surface area contributed by atoms with Crippen molar-refractivity contribution in [3.63, 3.8) is 0 Å². The Morgan fingerprint density at radius 1 is 0.372 bits per heavy atom. The summed E-state index contributed by atoms with van der Waals surface area (Å²) in [5.74, 6) is -1.48. The van der Waals surface area contributed by atoms with Gasteiger partial charge in [-0.2, -0.15) is 0 Å². The van der Waals surface area contributed by atoms with E-state index in [9.17, 15) is 28.9 Å². The lowest BCUT2D eigenvalue weighted by Crippen LogP contribution is -2.30. The topological polar surface area (TPSA) is 155 Å². The normalized spacial score (nSPS) is 13.8. The van der Waals surface area contributed by atoms with Crippen LogP contribution in [0.25, 0.3) is 0 Å². The van der Waals surface area contributed by atoms with E-state index in [4.69, 9.17) is 23.3 Å². The summed E-state index contributed by atoms with van der Waals surface area (Å²) in [6.07, 6.45) is 68.5. The summed E-state index contributed by atoms with van der Waals surface area (Å²) in [5.41, 5.74) is 0. The first-order valence-corrected chi connectivity index (χ1v) is 33.3. The molecule has 0 bridgehead atoms. The average molecular weight is 1120 g/mol. The molecule has 0 saturated heterocycles. The second kappa shape index (κ2) is 60.0. The van der Waals surface area contributed by atoms with Crippen molar-refractivity contribution in [1.29, 1.82) is 0 Å². The van der Waals surface area contributed by atoms with E-state index in [0.717, 1.165) is 128 Å². The molecule has 78 heavy (non-hydrogen) atoms. The van der Waals surface area contributed by atoms with Gasteiger partial charge in [-0.05, 0) is 89.9 Å². The van der Waals surface area contributed by atoms with E-state index >= 15 is 0 Å². The van der Waals surface area contributed by atoms with Crippen LogP contribution < -0.4 is 0 Å². The maximum atomic E-state index is 13.0. The summed E-state index contributed by atoms with van der Waals surface area (Å²) in [6.45, 7) is 4.52. The molecular weight excluding hydrogens is 1000 g/mol. The molecule has 0 aliphatic heterocycles. The van der Waals surface area contributed by atoms with Crippen LogP contribution in [-0.4, -0.2) is 66.5 Å². The van der Waals surface area contributed by atoms with E-state index in [0.29, 0.717) is 19.3 Å². The van der Waals surface area contributed by atoms with Crippen molar-refractivity contribution >= 4 is 25.7 Å². The summed E-state index contributed by atoms with van der Waals surface area (Å²) in [6, 6.07) is 0. The van der Waals surface area contributed by atoms with Gasteiger partial charge in [0.2, 0.25) is 0 Å². The predicted octanol–water partition coefficient (Wildman–Crippen LogP) is 19.3. The summed E-state index contributed by atoms with van der Waals surface area (Å²) in [5, 5.41) is 9.84. The Labute approximate surface area is 478 Å². The summed E-state index contributed by atoms with van der Waals surface area (Å²) in [4.78, 5) is 48.7. The van der Waals surface area contributed by atoms with Gasteiger partial charge >= 0.3 is 25.7 Å². The summed E-state index contributed by atoms with van der Waals surface area (Å²) in [7, 11) is -4.76. The molecule has 3 atom stereocenters. The SMILES string of the molecule is CC/C=C\C/C=C\C/C=C\C/C=C\CCCCCCCCC(=O)OC(COC(=O)CCCCCCCCCCCCCCCCCCC)COP(=O)(O)OCC(CO)OC(=O)CCCCCCC/C=C\C/C=C\CCCCC. The molecule has 452 valence electrons. The smallest absolute Gasteiger partial charge is 0.462 e. The second-order valence-corrected chi connectivity index (χ2v) is 22.7. The van der Waals surface area contributed by atoms with Gasteiger partial charge in [0, 0.05) is 19.3 Å². The van der Waals surface area contributed by atoms with Gasteiger partial charge in [0.25, 0.3) is 0 Å². The number of rotatable bonds is 59. The second-order valence-electron chi connectivity index (χ2n) is 21.2. The Morgan fingerprint density at radius 2 is 0.667 bits per heavy atom. The molecule has 0 aliphatic carbocycles. The number of phosphoric ester groups is 1. The van der Waals surface area contributed by atoms with Gasteiger partial charge < -0.3 is 24.2 Å². The number of unbranched alkanes of at least 4 members (excludes halogenated alkanes) is 30. The van der Waals surface area contributed by atoms with Gasteiger partial charge in [-0.25, -0.2) is 4.57 Å². The van der Waals surface area contributed by atoms with Gasteiger partial charge in [-0.3, -0.25) is 23.4 Å². The van der Waals surface area contributed by atoms with Crippen LogP contribution in [0.1, 0.15) is 290 Å². The van der Waals surface area contributed by atoms with Crippen molar-refractivity contribution < 1.29 is 52.2 Å². The van der Waals surface area contributed by atoms with Gasteiger partial charge in [0.05, 0.1) is 19.8 Å². The highest BCUT2D eigenvalue weighted by Gasteiger charge is 2.28. The highest BCUT2D eigenvalue weighted by molar-refractivity contribution is 7.47. The number of aliphatic hydroxyl groups is 1. The van der Waals surface area contributed by atoms with Gasteiger partial charge in [0.1, 0.15) is 12.7 Å². The molecule has 0 fully saturated rings. The quantitative estimate of drug-likeness (QED) is 0.0197. The molecule has 0 heterocycles. The zero-order chi connectivity index (χ0) is 56.9. The number of carbonyl (C=O) groups excluding carboxylic acids is 3. The van der Waals surface area contributed by atoms with Gasteiger partial charge in [0.15, 0.2) is 6.10 Å². The van der Waals surface area contributed by atoms with E-state index in [2.05, 4.69) is 93.7 Å². The van der Waals surface area contributed by atoms with Crippen LogP contribution in [0.3, 0.4) is 0 Å². The molecule has 0 spiro atoms. The molecule has 2 N–H and O–H groups in total. The summed E-state index contributed by atoms with van der Waals surface area (Å²) < 4.78 is 39.7. The number of aliphatic hydroxyl groups excluding tert-OH is 1. The lowest BCUT2D eigenvalue weighted by molar-refractivity contribution is -0.161. The van der Waals surface area contributed by atoms with Crippen LogP contribution in [0.4, 0.5) is 0 Å². The minimum atomic E-state index is -4.76. The van der Waals surface area contributed by atoms with Gasteiger partial charge in [-0.15, -0.1) is 0 Å². The zero-order valence-electron chi connectivity index (χ0n) is 50.1. The Bertz CT molecular complexity index is 1590. The van der Waals surface area contributed by atoms with Crippen molar-refractivity contribution in [3.05, 3.63) is 72.9 Å². The van der Waals surface area contributed by atoms with Crippen LogP contribution >= 0.6 is 7.82 Å². The van der Waals surface area contributed by atoms with Crippen LogP contribution in [0.2, 0.25) is 0 Å². The van der Waals surface area contributed by atoms with E-state index < -0.39 is 57.8 Å². The monoisotopic (exact) mass is 1120 g/mol. The molecule has 0 radical (unpaired) electrons. The fraction of sp³-hybridized carbons (Fsp3) is 0.773. The first-order chi connectivity index (χ1) is 38.2. The number of hydrogen-bond acceptors (Lipinski definition) is 10. The fourth-order valence-corrected chi connectivity index (χ4v) is 9.57. The van der Waals surface area contributed by atoms with E-state index in [-0.39, 0.29) is 25.9 Å². The third-order valence-electron chi connectivity index (χ3n) is 13.6. The first-order valence-electron chi connectivity index (χ1n) is 31.8. The molecule has 0 rings (SSSR count). The molecule has 12 heteroatoms. The maximum Gasteiger partial charge on any atom is 0.472 e. The zero-order valence-corrected chi connectivity index (χ0v) is 51.0. The molecule has 11 nitrogen and oxygen atoms in total. The van der Waals surface area contributed by atoms with Crippen molar-refractivity contribution in [1.82, 2.24) is 0 Å². The Balaban J connectivity index is 4.73. The Kier molecular flexibility index (Phi) is 57.7. The van der Waals surface area contributed by atoms with Gasteiger partial charge in [-0.1, -0.05) is 254 Å². The highest BCUT2D eigenvalue weighted by atomic mass is 31.2. The Hall–Kier alpha value is -3.08. The molecule has 0 aromatic carbocycles. The lowest BCUT2D eigenvalue weighted by Gasteiger charge is -2.21. The highest BCUT2D eigenvalue weighted by Crippen LogP contribution is 2.43. The Morgan fingerprint density at radius 3 is 1.05 bits per heavy atom. The third-order valence-corrected chi connectivity index (χ3v) is 14.6. The van der Waals surface area contributed by atoms with Crippen molar-refractivity contribution in [2.75, 3.05) is 26.4 Å². The number of phosphoric acid groups is 1. The van der Waals surface area contributed by atoms with E-state index in [1.165, 1.54) is 103 Å². The largest absolute Gasteiger partial charge is 0.472 e. The minimum Gasteiger partial charge on any atom is -0.462 e. The molecule has 0 aromatic rings. The number of allylic oxidation sites excluding steroid dienone is 12. The summed E-state index contributed by atoms with van der Waals surface area (Å²) >= 11 is 0. The number of ether oxygens (including phenoxy) is 3. The van der Waals surface area contributed by atoms with Crippen LogP contribution in [0.15, 0.2) is 72.9 Å². The average Bonchev–Trinajstić information content (AvgIpc) is 3.43. The molecule has 0 aliphatic rings. The van der Waals surface area contributed by atoms with Crippen LogP contribution in [-0.2, 0) is 42.2 Å². The lowest BCUT2D eigenvalue weighted by atomic mass is 10.0. The number of hydrogen-bond donors (Lipinski definition) is 2. The predicted molar refractivity (Wildman–Crippen MR) is 325 cm³/mol. The molecule has 0 amide bonds. The fourth-order valence-electron chi connectivity index (χ4n) is 8.79. The molecule has 0 saturated carbocycles. The molecule has 0 aromatic heterocycles. The van der Waals surface area contributed by atoms with E-state index in [1.807, 2.05) is 0 Å². The number of esters is 3. The maximum absolute atomic E-state index is 13.0. The number of carbonyl (C=O) groups is 3. The standard InChI is InChI=1S/C66H117O11P/c1-4-7-10-13-16-19-22-25-28-30-31-33-36-39-42-45-48-51-54-57-66(70)77-63(59-73-64(68)55-52-49-46-43-40-37-35-32-29-26-23-20-17-14-11-8-5-2)61-75-78(71,72)74-60-62(58-67)76-65(69)56-53-50-47-44-41-38-34-27-24-21-18-15-12-9-6-3/h7,10,16,18-19,21,25,27-28,31,33-34,62-63,67H,4-6,8-9,11-15,17,20,22-24,26,29-30,32,35-61H2,1-3H3,(H,71,72)/b10-7-,19-16-,21-18-,28-25-,33-31-,34-27-. The van der Waals surface area contributed by atoms with E-state index in [1.54, 1.807) is 0 Å². The third kappa shape index (κ3) is 57.6.